The molecule has 0 amide bonds. The molecule has 0 fully saturated rings. The van der Waals surface area contributed by atoms with Gasteiger partial charge in [-0.1, -0.05) is 12.1 Å². The number of nitrogens with one attached hydrogen (secondary N) is 1. The van der Waals surface area contributed by atoms with Crippen LogP contribution in [0, 0.1) is 5.82 Å². The zero-order chi connectivity index (χ0) is 19.9. The van der Waals surface area contributed by atoms with Gasteiger partial charge in [0.15, 0.2) is 11.5 Å². The van der Waals surface area contributed by atoms with Gasteiger partial charge < -0.3 is 19.5 Å². The van der Waals surface area contributed by atoms with Crippen molar-refractivity contribution in [2.45, 2.75) is 13.0 Å². The third kappa shape index (κ3) is 4.79. The van der Waals surface area contributed by atoms with E-state index in [2.05, 4.69) is 10.3 Å². The van der Waals surface area contributed by atoms with Crippen LogP contribution in [0.15, 0.2) is 42.6 Å². The Kier molecular flexibility index (Phi) is 6.84. The molecule has 0 unspecified atom stereocenters. The lowest BCUT2D eigenvalue weighted by Crippen LogP contribution is -2.16. The molecule has 0 bridgehead atoms. The second-order valence-electron chi connectivity index (χ2n) is 6.09. The summed E-state index contributed by atoms with van der Waals surface area (Å²) in [4.78, 5) is 5.50. The van der Waals surface area contributed by atoms with Crippen molar-refractivity contribution in [1.82, 2.24) is 10.3 Å². The fourth-order valence-corrected chi connectivity index (χ4v) is 3.74. The Hall–Kier alpha value is -2.64. The minimum absolute atomic E-state index is 0.201. The fourth-order valence-electron chi connectivity index (χ4n) is 2.87. The number of halogens is 1. The van der Waals surface area contributed by atoms with Crippen LogP contribution < -0.4 is 19.5 Å². The fraction of sp³-hybridized carbons (Fsp3) is 0.286. The summed E-state index contributed by atoms with van der Waals surface area (Å²) in [6, 6.07) is 10.5. The van der Waals surface area contributed by atoms with E-state index in [9.17, 15) is 4.39 Å². The molecule has 3 rings (SSSR count). The highest BCUT2D eigenvalue weighted by molar-refractivity contribution is 7.15. The van der Waals surface area contributed by atoms with Crippen LogP contribution in [0.5, 0.6) is 17.2 Å². The quantitative estimate of drug-likeness (QED) is 0.541. The molecule has 0 radical (unpaired) electrons. The third-order valence-electron chi connectivity index (χ3n) is 4.26. The Labute approximate surface area is 168 Å². The molecule has 148 valence electrons. The van der Waals surface area contributed by atoms with Crippen LogP contribution in [0.3, 0.4) is 0 Å². The topological polar surface area (TPSA) is 52.6 Å². The van der Waals surface area contributed by atoms with Gasteiger partial charge in [0.25, 0.3) is 0 Å². The molecule has 1 aromatic heterocycles. The molecule has 0 aliphatic rings. The molecule has 1 heterocycles. The average molecular weight is 402 g/mol. The lowest BCUT2D eigenvalue weighted by Gasteiger charge is -2.13. The van der Waals surface area contributed by atoms with Crippen molar-refractivity contribution in [3.05, 3.63) is 59.0 Å². The summed E-state index contributed by atoms with van der Waals surface area (Å²) in [5.74, 6) is 1.59. The SMILES string of the molecule is COc1cc(-c2cnc(CNCCc3cccc(F)c3)s2)cc(OC)c1OC. The first-order valence-corrected chi connectivity index (χ1v) is 9.66. The molecule has 0 saturated heterocycles. The summed E-state index contributed by atoms with van der Waals surface area (Å²) >= 11 is 1.60. The molecule has 2 aromatic carbocycles. The summed E-state index contributed by atoms with van der Waals surface area (Å²) in [5, 5.41) is 4.33. The smallest absolute Gasteiger partial charge is 0.203 e. The molecule has 0 aliphatic heterocycles. The number of methoxy groups -OCH3 is 3. The van der Waals surface area contributed by atoms with Crippen molar-refractivity contribution in [3.8, 4) is 27.7 Å². The van der Waals surface area contributed by atoms with E-state index < -0.39 is 0 Å². The average Bonchev–Trinajstić information content (AvgIpc) is 3.19. The van der Waals surface area contributed by atoms with Crippen LogP contribution in [0.4, 0.5) is 4.39 Å². The van der Waals surface area contributed by atoms with E-state index in [0.29, 0.717) is 23.8 Å². The zero-order valence-electron chi connectivity index (χ0n) is 16.1. The predicted molar refractivity (Wildman–Crippen MR) is 109 cm³/mol. The van der Waals surface area contributed by atoms with E-state index in [0.717, 1.165) is 34.0 Å². The largest absolute Gasteiger partial charge is 0.493 e. The van der Waals surface area contributed by atoms with Crippen LogP contribution in [0.1, 0.15) is 10.6 Å². The Morgan fingerprint density at radius 3 is 2.43 bits per heavy atom. The maximum absolute atomic E-state index is 13.2. The van der Waals surface area contributed by atoms with Gasteiger partial charge >= 0.3 is 0 Å². The van der Waals surface area contributed by atoms with Crippen LogP contribution >= 0.6 is 11.3 Å². The monoisotopic (exact) mass is 402 g/mol. The third-order valence-corrected chi connectivity index (χ3v) is 5.30. The minimum Gasteiger partial charge on any atom is -0.493 e. The Morgan fingerprint density at radius 2 is 1.79 bits per heavy atom. The molecule has 0 atom stereocenters. The molecular weight excluding hydrogens is 379 g/mol. The summed E-state index contributed by atoms with van der Waals surface area (Å²) in [5.41, 5.74) is 1.93. The number of ether oxygens (including phenoxy) is 3. The molecule has 0 saturated carbocycles. The van der Waals surface area contributed by atoms with Gasteiger partial charge in [0.1, 0.15) is 10.8 Å². The van der Waals surface area contributed by atoms with Gasteiger partial charge in [-0.25, -0.2) is 9.37 Å². The molecular formula is C21H23FN2O3S. The van der Waals surface area contributed by atoms with Gasteiger partial charge in [0.05, 0.1) is 26.2 Å². The number of benzene rings is 2. The highest BCUT2D eigenvalue weighted by Gasteiger charge is 2.15. The number of thiazole rings is 1. The van der Waals surface area contributed by atoms with E-state index in [1.807, 2.05) is 24.4 Å². The highest BCUT2D eigenvalue weighted by atomic mass is 32.1. The Morgan fingerprint density at radius 1 is 1.04 bits per heavy atom. The predicted octanol–water partition coefficient (Wildman–Crippen LogP) is 4.31. The highest BCUT2D eigenvalue weighted by Crippen LogP contribution is 2.42. The van der Waals surface area contributed by atoms with Crippen molar-refractivity contribution in [1.29, 1.82) is 0 Å². The molecule has 0 spiro atoms. The maximum Gasteiger partial charge on any atom is 0.203 e. The van der Waals surface area contributed by atoms with Gasteiger partial charge in [0.2, 0.25) is 5.75 Å². The summed E-state index contributed by atoms with van der Waals surface area (Å²) in [6.07, 6.45) is 2.61. The number of nitrogens with zero attached hydrogens (tertiary/aromatic N) is 1. The first kappa shape index (κ1) is 20.1. The zero-order valence-corrected chi connectivity index (χ0v) is 16.9. The van der Waals surface area contributed by atoms with Crippen LogP contribution in [0.25, 0.3) is 10.4 Å². The minimum atomic E-state index is -0.201. The van der Waals surface area contributed by atoms with E-state index in [-0.39, 0.29) is 5.82 Å². The summed E-state index contributed by atoms with van der Waals surface area (Å²) in [7, 11) is 4.78. The molecule has 3 aromatic rings. The molecule has 5 nitrogen and oxygen atoms in total. The van der Waals surface area contributed by atoms with Crippen LogP contribution in [-0.2, 0) is 13.0 Å². The Bertz CT molecular complexity index is 905. The number of hydrogen-bond acceptors (Lipinski definition) is 6. The van der Waals surface area contributed by atoms with Gasteiger partial charge in [-0.15, -0.1) is 11.3 Å². The van der Waals surface area contributed by atoms with Crippen molar-refractivity contribution in [2.75, 3.05) is 27.9 Å². The van der Waals surface area contributed by atoms with Crippen molar-refractivity contribution >= 4 is 11.3 Å². The van der Waals surface area contributed by atoms with Crippen LogP contribution in [0.2, 0.25) is 0 Å². The lowest BCUT2D eigenvalue weighted by atomic mass is 10.1. The van der Waals surface area contributed by atoms with E-state index in [1.165, 1.54) is 6.07 Å². The summed E-state index contributed by atoms with van der Waals surface area (Å²) in [6.45, 7) is 1.41. The Balaban J connectivity index is 1.63. The molecule has 0 aliphatic carbocycles. The molecule has 7 heteroatoms. The first-order valence-electron chi connectivity index (χ1n) is 8.85. The normalized spacial score (nSPS) is 10.7. The maximum atomic E-state index is 13.2. The number of hydrogen-bond donors (Lipinski definition) is 1. The van der Waals surface area contributed by atoms with Crippen molar-refractivity contribution in [3.63, 3.8) is 0 Å². The van der Waals surface area contributed by atoms with Gasteiger partial charge in [-0.2, -0.15) is 0 Å². The number of rotatable bonds is 9. The number of aromatic nitrogens is 1. The summed E-state index contributed by atoms with van der Waals surface area (Å²) < 4.78 is 29.4. The molecule has 1 N–H and O–H groups in total. The van der Waals surface area contributed by atoms with E-state index in [1.54, 1.807) is 44.8 Å². The van der Waals surface area contributed by atoms with Crippen molar-refractivity contribution < 1.29 is 18.6 Å². The van der Waals surface area contributed by atoms with E-state index in [4.69, 9.17) is 14.2 Å². The second kappa shape index (κ2) is 9.52. The lowest BCUT2D eigenvalue weighted by molar-refractivity contribution is 0.324. The van der Waals surface area contributed by atoms with Gasteiger partial charge in [-0.3, -0.25) is 0 Å². The second-order valence-corrected chi connectivity index (χ2v) is 7.20. The van der Waals surface area contributed by atoms with Gasteiger partial charge in [0, 0.05) is 18.3 Å². The molecule has 28 heavy (non-hydrogen) atoms. The van der Waals surface area contributed by atoms with Gasteiger partial charge in [-0.05, 0) is 42.8 Å². The standard InChI is InChI=1S/C21H23FN2O3S/c1-25-17-10-15(11-18(26-2)21(17)27-3)19-12-24-20(28-19)13-23-8-7-14-5-4-6-16(22)9-14/h4-6,9-12,23H,7-8,13H2,1-3H3. The van der Waals surface area contributed by atoms with E-state index >= 15 is 0 Å². The van der Waals surface area contributed by atoms with Crippen molar-refractivity contribution in [2.24, 2.45) is 0 Å². The van der Waals surface area contributed by atoms with Crippen LogP contribution in [-0.4, -0.2) is 32.9 Å². The first-order chi connectivity index (χ1) is 13.6.